The molecule has 0 saturated carbocycles. The summed E-state index contributed by atoms with van der Waals surface area (Å²) >= 11 is 0. The molecule has 0 aliphatic heterocycles. The molecule has 0 radical (unpaired) electrons. The number of hydrogen-bond acceptors (Lipinski definition) is 12. The van der Waals surface area contributed by atoms with E-state index >= 15 is 0 Å². The van der Waals surface area contributed by atoms with Gasteiger partial charge in [0.1, 0.15) is 0 Å². The van der Waals surface area contributed by atoms with Gasteiger partial charge in [-0.15, -0.1) is 5.10 Å². The number of nitrogens with zero attached hydrogens (tertiary/aromatic N) is 7. The van der Waals surface area contributed by atoms with Crippen LogP contribution >= 0.6 is 0 Å². The first-order valence-corrected chi connectivity index (χ1v) is 16.0. The Bertz CT molecular complexity index is 2470. The van der Waals surface area contributed by atoms with Crippen LogP contribution in [-0.2, 0) is 16.0 Å². The quantitative estimate of drug-likeness (QED) is 0.194. The molecule has 7 aromatic rings. The number of nitrogens with one attached hydrogen (secondary N) is 2. The monoisotopic (exact) mass is 709 g/mol. The summed E-state index contributed by atoms with van der Waals surface area (Å²) in [5, 5.41) is 16.6. The lowest BCUT2D eigenvalue weighted by atomic mass is 9.99. The zero-order valence-corrected chi connectivity index (χ0v) is 28.7. The number of benzene rings is 4. The zero-order chi connectivity index (χ0) is 37.3. The number of anilines is 2. The van der Waals surface area contributed by atoms with Gasteiger partial charge in [-0.05, 0) is 51.7 Å². The summed E-state index contributed by atoms with van der Waals surface area (Å²) < 4.78 is 11.1. The highest BCUT2D eigenvalue weighted by atomic mass is 16.5. The molecule has 0 saturated heterocycles. The Morgan fingerprint density at radius 1 is 0.604 bits per heavy atom. The molecule has 264 valence electrons. The molecule has 7 rings (SSSR count). The summed E-state index contributed by atoms with van der Waals surface area (Å²) in [5.41, 5.74) is 2.93. The number of fused-ring (bicyclic) bond motifs is 2. The Hall–Kier alpha value is -7.42. The second kappa shape index (κ2) is 16.1. The highest BCUT2D eigenvalue weighted by Crippen LogP contribution is 2.26. The van der Waals surface area contributed by atoms with E-state index in [0.717, 1.165) is 32.7 Å². The Morgan fingerprint density at radius 2 is 1.09 bits per heavy atom. The van der Waals surface area contributed by atoms with Gasteiger partial charge in [-0.1, -0.05) is 65.9 Å². The van der Waals surface area contributed by atoms with Crippen LogP contribution < -0.4 is 10.6 Å². The van der Waals surface area contributed by atoms with Crippen LogP contribution in [0.3, 0.4) is 0 Å². The van der Waals surface area contributed by atoms with Crippen molar-refractivity contribution in [2.45, 2.75) is 13.5 Å². The van der Waals surface area contributed by atoms with Crippen LogP contribution in [0.5, 0.6) is 0 Å². The number of esters is 2. The van der Waals surface area contributed by atoms with Gasteiger partial charge in [0, 0.05) is 42.1 Å². The van der Waals surface area contributed by atoms with Crippen LogP contribution in [0.2, 0.25) is 0 Å². The van der Waals surface area contributed by atoms with E-state index in [4.69, 9.17) is 4.74 Å². The van der Waals surface area contributed by atoms with Crippen molar-refractivity contribution < 1.29 is 28.7 Å². The van der Waals surface area contributed by atoms with Gasteiger partial charge < -0.3 is 20.1 Å². The average Bonchev–Trinajstić information content (AvgIpc) is 3.71. The van der Waals surface area contributed by atoms with Gasteiger partial charge in [0.2, 0.25) is 0 Å². The van der Waals surface area contributed by atoms with Gasteiger partial charge in [0.05, 0.1) is 27.0 Å². The minimum Gasteiger partial charge on any atom is -0.464 e. The maximum atomic E-state index is 13.0. The summed E-state index contributed by atoms with van der Waals surface area (Å²) in [6.07, 6.45) is 8.90. The summed E-state index contributed by atoms with van der Waals surface area (Å²) in [7, 11) is 2.49. The summed E-state index contributed by atoms with van der Waals surface area (Å²) in [5.74, 6) is -2.00. The molecule has 0 atom stereocenters. The first-order valence-electron chi connectivity index (χ1n) is 16.0. The number of methoxy groups -OCH3 is 2. The van der Waals surface area contributed by atoms with E-state index in [-0.39, 0.29) is 28.9 Å². The van der Waals surface area contributed by atoms with Gasteiger partial charge in [0.25, 0.3) is 11.8 Å². The molecular formula is C38H31N9O6. The highest BCUT2D eigenvalue weighted by molar-refractivity contribution is 6.15. The SMILES string of the molecule is COC(=O)c1nccnc1NC(=O)c1ccc(C)c2ccccc12.COC(=O)c1nccnc1NC(=O)c1ccc(Cn2ccnn2)c2ccccc12. The highest BCUT2D eigenvalue weighted by Gasteiger charge is 2.20. The van der Waals surface area contributed by atoms with E-state index in [9.17, 15) is 19.2 Å². The van der Waals surface area contributed by atoms with E-state index in [0.29, 0.717) is 17.7 Å². The molecule has 15 nitrogen and oxygen atoms in total. The Morgan fingerprint density at radius 3 is 1.62 bits per heavy atom. The number of rotatable bonds is 8. The summed E-state index contributed by atoms with van der Waals surface area (Å²) in [6.45, 7) is 2.51. The number of ether oxygens (including phenoxy) is 2. The standard InChI is InChI=1S/C20H16N6O3.C18H15N3O3/c1-29-20(28)17-18(22-9-8-21-17)24-19(27)16-7-6-13(12-26-11-10-23-25-26)14-4-2-3-5-15(14)16;1-11-7-8-14(13-6-4-3-5-12(11)13)17(22)21-16-15(18(23)24-2)19-9-10-20-16/h2-11H,12H2,1H3,(H,22,24,27);3-10H,1-2H3,(H,20,21,22). The minimum atomic E-state index is -0.679. The average molecular weight is 710 g/mol. The third-order valence-electron chi connectivity index (χ3n) is 8.07. The molecule has 0 aliphatic carbocycles. The van der Waals surface area contributed by atoms with Gasteiger partial charge in [-0.3, -0.25) is 9.59 Å². The van der Waals surface area contributed by atoms with Crippen LogP contribution in [0, 0.1) is 6.92 Å². The van der Waals surface area contributed by atoms with Crippen LogP contribution in [0.1, 0.15) is 52.8 Å². The third-order valence-corrected chi connectivity index (χ3v) is 8.07. The first kappa shape index (κ1) is 35.4. The van der Waals surface area contributed by atoms with E-state index in [2.05, 4.69) is 45.6 Å². The molecule has 0 aliphatic rings. The van der Waals surface area contributed by atoms with Crippen molar-refractivity contribution in [3.05, 3.63) is 144 Å². The van der Waals surface area contributed by atoms with Crippen molar-refractivity contribution in [1.82, 2.24) is 34.9 Å². The summed E-state index contributed by atoms with van der Waals surface area (Å²) in [6, 6.07) is 22.5. The van der Waals surface area contributed by atoms with Crippen LogP contribution in [-0.4, -0.2) is 72.9 Å². The second-order valence-corrected chi connectivity index (χ2v) is 11.3. The molecule has 3 heterocycles. The fraction of sp³-hybridized carbons (Fsp3) is 0.105. The van der Waals surface area contributed by atoms with Gasteiger partial charge in [0.15, 0.2) is 23.0 Å². The van der Waals surface area contributed by atoms with Crippen molar-refractivity contribution in [2.75, 3.05) is 24.9 Å². The maximum Gasteiger partial charge on any atom is 0.360 e. The number of amides is 2. The van der Waals surface area contributed by atoms with Gasteiger partial charge in [-0.2, -0.15) is 0 Å². The normalized spacial score (nSPS) is 10.5. The van der Waals surface area contributed by atoms with E-state index in [1.807, 2.05) is 67.6 Å². The first-order chi connectivity index (χ1) is 25.8. The second-order valence-electron chi connectivity index (χ2n) is 11.3. The number of carbonyl (C=O) groups excluding carboxylic acids is 4. The molecule has 2 amide bonds. The Labute approximate surface area is 302 Å². The predicted molar refractivity (Wildman–Crippen MR) is 194 cm³/mol. The molecule has 15 heteroatoms. The number of aromatic nitrogens is 7. The van der Waals surface area contributed by atoms with Gasteiger partial charge >= 0.3 is 11.9 Å². The molecule has 53 heavy (non-hydrogen) atoms. The topological polar surface area (TPSA) is 193 Å². The van der Waals surface area contributed by atoms with Crippen molar-refractivity contribution >= 4 is 56.9 Å². The van der Waals surface area contributed by atoms with E-state index in [1.165, 1.54) is 39.0 Å². The zero-order valence-electron chi connectivity index (χ0n) is 28.7. The molecular weight excluding hydrogens is 678 g/mol. The van der Waals surface area contributed by atoms with Gasteiger partial charge in [-0.25, -0.2) is 34.2 Å². The van der Waals surface area contributed by atoms with Crippen molar-refractivity contribution in [2.24, 2.45) is 0 Å². The van der Waals surface area contributed by atoms with Crippen LogP contribution in [0.15, 0.2) is 110 Å². The molecule has 0 spiro atoms. The molecule has 3 aromatic heterocycles. The Kier molecular flexibility index (Phi) is 10.7. The Balaban J connectivity index is 0.000000185. The largest absolute Gasteiger partial charge is 0.464 e. The summed E-state index contributed by atoms with van der Waals surface area (Å²) in [4.78, 5) is 65.2. The molecule has 4 aromatic carbocycles. The van der Waals surface area contributed by atoms with Crippen LogP contribution in [0.25, 0.3) is 21.5 Å². The third kappa shape index (κ3) is 7.83. The minimum absolute atomic E-state index is 0.0373. The maximum absolute atomic E-state index is 13.0. The fourth-order valence-corrected chi connectivity index (χ4v) is 5.54. The lowest BCUT2D eigenvalue weighted by Crippen LogP contribution is -2.18. The number of carbonyl (C=O) groups is 4. The molecule has 2 N–H and O–H groups in total. The lowest BCUT2D eigenvalue weighted by Gasteiger charge is -2.12. The lowest BCUT2D eigenvalue weighted by molar-refractivity contribution is 0.0586. The van der Waals surface area contributed by atoms with Crippen molar-refractivity contribution in [3.63, 3.8) is 0 Å². The van der Waals surface area contributed by atoms with E-state index < -0.39 is 17.8 Å². The van der Waals surface area contributed by atoms with Crippen molar-refractivity contribution in [1.29, 1.82) is 0 Å². The molecule has 0 bridgehead atoms. The van der Waals surface area contributed by atoms with E-state index in [1.54, 1.807) is 29.2 Å². The fourth-order valence-electron chi connectivity index (χ4n) is 5.54. The van der Waals surface area contributed by atoms with Crippen LogP contribution in [0.4, 0.5) is 11.6 Å². The number of aryl methyl sites for hydroxylation is 1. The number of hydrogen-bond donors (Lipinski definition) is 2. The predicted octanol–water partition coefficient (Wildman–Crippen LogP) is 5.29. The van der Waals surface area contributed by atoms with Crippen molar-refractivity contribution in [3.8, 4) is 0 Å². The molecule has 0 unspecified atom stereocenters. The molecule has 0 fully saturated rings. The smallest absolute Gasteiger partial charge is 0.360 e.